The predicted molar refractivity (Wildman–Crippen MR) is 110 cm³/mol. The van der Waals surface area contributed by atoms with Crippen LogP contribution in [0.25, 0.3) is 0 Å². The summed E-state index contributed by atoms with van der Waals surface area (Å²) >= 11 is 0. The first-order valence-electron chi connectivity index (χ1n) is 9.69. The predicted octanol–water partition coefficient (Wildman–Crippen LogP) is 2.53. The third-order valence-electron chi connectivity index (χ3n) is 5.18. The number of carbonyl (C=O) groups excluding carboxylic acids is 4. The number of ketones is 1. The molecule has 0 radical (unpaired) electrons. The Labute approximate surface area is 175 Å². The van der Waals surface area contributed by atoms with Gasteiger partial charge in [0.15, 0.2) is 12.4 Å². The maximum absolute atomic E-state index is 12.3. The molecule has 0 bridgehead atoms. The lowest BCUT2D eigenvalue weighted by atomic mass is 10.0. The molecule has 0 spiro atoms. The Morgan fingerprint density at radius 1 is 1.00 bits per heavy atom. The first-order chi connectivity index (χ1) is 14.2. The van der Waals surface area contributed by atoms with Gasteiger partial charge in [-0.15, -0.1) is 0 Å². The van der Waals surface area contributed by atoms with Gasteiger partial charge >= 0.3 is 5.97 Å². The van der Waals surface area contributed by atoms with Crippen LogP contribution in [0.2, 0.25) is 0 Å². The van der Waals surface area contributed by atoms with Crippen molar-refractivity contribution >= 4 is 23.6 Å². The van der Waals surface area contributed by atoms with Crippen molar-refractivity contribution in [1.29, 1.82) is 0 Å². The van der Waals surface area contributed by atoms with Crippen LogP contribution in [0.4, 0.5) is 0 Å². The monoisotopic (exact) mass is 408 g/mol. The number of rotatable bonds is 6. The molecule has 1 N–H and O–H groups in total. The molecule has 2 aromatic carbocycles. The number of nitrogens with zero attached hydrogens (tertiary/aromatic N) is 1. The third-order valence-corrected chi connectivity index (χ3v) is 5.18. The molecule has 1 heterocycles. The first kappa shape index (κ1) is 21.2. The highest BCUT2D eigenvalue weighted by Gasteiger charge is 2.36. The Balaban J connectivity index is 1.53. The van der Waals surface area contributed by atoms with Gasteiger partial charge in [0.1, 0.15) is 0 Å². The maximum atomic E-state index is 12.3. The zero-order valence-corrected chi connectivity index (χ0v) is 17.2. The summed E-state index contributed by atoms with van der Waals surface area (Å²) < 4.78 is 5.13. The topological polar surface area (TPSA) is 92.8 Å². The van der Waals surface area contributed by atoms with Gasteiger partial charge in [-0.3, -0.25) is 29.6 Å². The average molecular weight is 408 g/mol. The van der Waals surface area contributed by atoms with Gasteiger partial charge in [0, 0.05) is 17.5 Å². The third kappa shape index (κ3) is 4.92. The summed E-state index contributed by atoms with van der Waals surface area (Å²) in [4.78, 5) is 49.1. The van der Waals surface area contributed by atoms with Crippen molar-refractivity contribution in [2.75, 3.05) is 13.2 Å². The molecule has 156 valence electrons. The number of hydrazine groups is 1. The Hall–Kier alpha value is -3.48. The summed E-state index contributed by atoms with van der Waals surface area (Å²) in [6.07, 6.45) is -0.0785. The van der Waals surface area contributed by atoms with E-state index in [1.54, 1.807) is 36.4 Å². The molecule has 1 saturated heterocycles. The zero-order chi connectivity index (χ0) is 21.8. The molecule has 3 rings (SSSR count). The molecule has 30 heavy (non-hydrogen) atoms. The smallest absolute Gasteiger partial charge is 0.311 e. The standard InChI is InChI=1S/C23H24N2O5/c1-14-4-7-17(8-5-14)22(28)24-25-12-19(11-21(25)27)23(29)30-13-20(26)18-9-6-15(2)16(3)10-18/h4-10,19H,11-13H2,1-3H3,(H,24,28). The number of nitrogens with one attached hydrogen (secondary N) is 1. The molecule has 7 nitrogen and oxygen atoms in total. The fourth-order valence-corrected chi connectivity index (χ4v) is 3.12. The lowest BCUT2D eigenvalue weighted by molar-refractivity contribution is -0.147. The van der Waals surface area contributed by atoms with Gasteiger partial charge in [-0.05, 0) is 50.1 Å². The van der Waals surface area contributed by atoms with Crippen molar-refractivity contribution in [3.63, 3.8) is 0 Å². The minimum Gasteiger partial charge on any atom is -0.457 e. The van der Waals surface area contributed by atoms with Gasteiger partial charge in [0.25, 0.3) is 5.91 Å². The molecular formula is C23H24N2O5. The molecule has 0 aromatic heterocycles. The van der Waals surface area contributed by atoms with Crippen LogP contribution in [-0.4, -0.2) is 41.7 Å². The molecule has 0 saturated carbocycles. The Morgan fingerprint density at radius 2 is 1.67 bits per heavy atom. The minimum atomic E-state index is -0.733. The Morgan fingerprint density at radius 3 is 2.33 bits per heavy atom. The van der Waals surface area contributed by atoms with Gasteiger partial charge < -0.3 is 4.74 Å². The van der Waals surface area contributed by atoms with E-state index in [-0.39, 0.29) is 31.3 Å². The highest BCUT2D eigenvalue weighted by atomic mass is 16.5. The van der Waals surface area contributed by atoms with Gasteiger partial charge in [-0.2, -0.15) is 0 Å². The van der Waals surface area contributed by atoms with E-state index in [4.69, 9.17) is 4.74 Å². The van der Waals surface area contributed by atoms with E-state index in [0.29, 0.717) is 11.1 Å². The van der Waals surface area contributed by atoms with Crippen molar-refractivity contribution in [1.82, 2.24) is 10.4 Å². The van der Waals surface area contributed by atoms with Crippen LogP contribution in [0.1, 0.15) is 43.8 Å². The van der Waals surface area contributed by atoms with Crippen molar-refractivity contribution in [2.24, 2.45) is 5.92 Å². The van der Waals surface area contributed by atoms with E-state index in [2.05, 4.69) is 5.43 Å². The highest BCUT2D eigenvalue weighted by Crippen LogP contribution is 2.18. The van der Waals surface area contributed by atoms with Crippen molar-refractivity contribution in [3.05, 3.63) is 70.3 Å². The fraction of sp³-hybridized carbons (Fsp3) is 0.304. The SMILES string of the molecule is Cc1ccc(C(=O)NN2CC(C(=O)OCC(=O)c3ccc(C)c(C)c3)CC2=O)cc1. The first-order valence-corrected chi connectivity index (χ1v) is 9.69. The van der Waals surface area contributed by atoms with E-state index in [0.717, 1.165) is 21.7 Å². The second-order valence-electron chi connectivity index (χ2n) is 7.54. The van der Waals surface area contributed by atoms with Crippen molar-refractivity contribution in [2.45, 2.75) is 27.2 Å². The Bertz CT molecular complexity index is 997. The van der Waals surface area contributed by atoms with Crippen molar-refractivity contribution < 1.29 is 23.9 Å². The molecule has 0 aliphatic carbocycles. The molecule has 1 atom stereocenters. The van der Waals surface area contributed by atoms with E-state index >= 15 is 0 Å². The van der Waals surface area contributed by atoms with Crippen LogP contribution in [0.5, 0.6) is 0 Å². The summed E-state index contributed by atoms with van der Waals surface area (Å²) in [7, 11) is 0. The molecule has 1 aliphatic heterocycles. The maximum Gasteiger partial charge on any atom is 0.311 e. The lowest BCUT2D eigenvalue weighted by Gasteiger charge is -2.17. The van der Waals surface area contributed by atoms with E-state index in [9.17, 15) is 19.2 Å². The highest BCUT2D eigenvalue weighted by molar-refractivity contribution is 5.99. The van der Waals surface area contributed by atoms with Gasteiger partial charge in [0.05, 0.1) is 12.5 Å². The number of aryl methyl sites for hydroxylation is 3. The van der Waals surface area contributed by atoms with E-state index < -0.39 is 17.8 Å². The van der Waals surface area contributed by atoms with Crippen LogP contribution in [0, 0.1) is 26.7 Å². The number of hydrogen-bond donors (Lipinski definition) is 1. The van der Waals surface area contributed by atoms with Gasteiger partial charge in [-0.25, -0.2) is 0 Å². The molecule has 1 unspecified atom stereocenters. The normalized spacial score (nSPS) is 15.8. The van der Waals surface area contributed by atoms with Crippen LogP contribution in [0.15, 0.2) is 42.5 Å². The van der Waals surface area contributed by atoms with Crippen LogP contribution < -0.4 is 5.43 Å². The van der Waals surface area contributed by atoms with Gasteiger partial charge in [0.2, 0.25) is 5.91 Å². The summed E-state index contributed by atoms with van der Waals surface area (Å²) in [6.45, 7) is 5.38. The molecule has 7 heteroatoms. The number of benzene rings is 2. The average Bonchev–Trinajstić information content (AvgIpc) is 3.08. The summed E-state index contributed by atoms with van der Waals surface area (Å²) in [5, 5.41) is 1.12. The van der Waals surface area contributed by atoms with Crippen LogP contribution in [-0.2, 0) is 14.3 Å². The van der Waals surface area contributed by atoms with E-state index in [1.807, 2.05) is 26.8 Å². The molecule has 1 aliphatic rings. The second kappa shape index (κ2) is 8.90. The number of hydrogen-bond acceptors (Lipinski definition) is 5. The molecule has 2 aromatic rings. The lowest BCUT2D eigenvalue weighted by Crippen LogP contribution is -2.43. The zero-order valence-electron chi connectivity index (χ0n) is 17.2. The van der Waals surface area contributed by atoms with Crippen LogP contribution >= 0.6 is 0 Å². The number of ether oxygens (including phenoxy) is 1. The van der Waals surface area contributed by atoms with Gasteiger partial charge in [-0.1, -0.05) is 29.8 Å². The molecule has 1 fully saturated rings. The Kier molecular flexibility index (Phi) is 6.30. The number of Topliss-reactive ketones (excluding diaryl/α,β-unsaturated/α-hetero) is 1. The van der Waals surface area contributed by atoms with E-state index in [1.165, 1.54) is 0 Å². The largest absolute Gasteiger partial charge is 0.457 e. The molecular weight excluding hydrogens is 384 g/mol. The quantitative estimate of drug-likeness (QED) is 0.586. The number of amides is 2. The second-order valence-corrected chi connectivity index (χ2v) is 7.54. The fourth-order valence-electron chi connectivity index (χ4n) is 3.12. The van der Waals surface area contributed by atoms with Crippen LogP contribution in [0.3, 0.4) is 0 Å². The number of carbonyl (C=O) groups is 4. The summed E-state index contributed by atoms with van der Waals surface area (Å²) in [5.74, 6) is -2.48. The summed E-state index contributed by atoms with van der Waals surface area (Å²) in [6, 6.07) is 12.2. The molecule has 2 amide bonds. The van der Waals surface area contributed by atoms with Crippen molar-refractivity contribution in [3.8, 4) is 0 Å². The number of esters is 1. The summed E-state index contributed by atoms with van der Waals surface area (Å²) in [5.41, 5.74) is 6.48. The minimum absolute atomic E-state index is 0.00704.